The third kappa shape index (κ3) is 2.95. The molecule has 5 heteroatoms. The van der Waals surface area contributed by atoms with Gasteiger partial charge in [-0.05, 0) is 54.8 Å². The topological polar surface area (TPSA) is 57.7 Å². The molecule has 2 heterocycles. The number of rotatable bonds is 4. The molecular weight excluding hydrogens is 298 g/mol. The lowest BCUT2D eigenvalue weighted by molar-refractivity contribution is 0.263. The monoisotopic (exact) mass is 319 g/mol. The Kier molecular flexibility index (Phi) is 4.09. The molecule has 24 heavy (non-hydrogen) atoms. The van der Waals surface area contributed by atoms with Crippen LogP contribution < -0.4 is 0 Å². The molecule has 1 saturated heterocycles. The van der Waals surface area contributed by atoms with Gasteiger partial charge in [-0.3, -0.25) is 4.90 Å². The first-order valence-electron chi connectivity index (χ1n) is 8.49. The van der Waals surface area contributed by atoms with E-state index in [-0.39, 0.29) is 0 Å². The molecule has 1 aliphatic heterocycles. The van der Waals surface area contributed by atoms with Crippen molar-refractivity contribution in [3.63, 3.8) is 0 Å². The van der Waals surface area contributed by atoms with Crippen molar-refractivity contribution < 1.29 is 0 Å². The van der Waals surface area contributed by atoms with Gasteiger partial charge < -0.3 is 0 Å². The summed E-state index contributed by atoms with van der Waals surface area (Å²) in [5, 5.41) is 14.1. The van der Waals surface area contributed by atoms with Gasteiger partial charge in [0.25, 0.3) is 0 Å². The summed E-state index contributed by atoms with van der Waals surface area (Å²) in [6, 6.07) is 17.7. The zero-order valence-corrected chi connectivity index (χ0v) is 13.8. The van der Waals surface area contributed by atoms with Crippen LogP contribution in [-0.2, 0) is 0 Å². The smallest absolute Gasteiger partial charge is 0.204 e. The molecular formula is C19H21N5. The van der Waals surface area contributed by atoms with Crippen molar-refractivity contribution in [1.82, 2.24) is 25.5 Å². The van der Waals surface area contributed by atoms with Gasteiger partial charge in [0.1, 0.15) is 0 Å². The molecule has 2 aromatic carbocycles. The first-order valence-corrected chi connectivity index (χ1v) is 8.49. The van der Waals surface area contributed by atoms with E-state index in [1.165, 1.54) is 42.6 Å². The number of hydrogen-bond acceptors (Lipinski definition) is 4. The third-order valence-electron chi connectivity index (χ3n) is 4.90. The maximum Gasteiger partial charge on any atom is 0.204 e. The van der Waals surface area contributed by atoms with E-state index in [9.17, 15) is 0 Å². The number of hydrogen-bond donors (Lipinski definition) is 1. The lowest BCUT2D eigenvalue weighted by Crippen LogP contribution is -2.23. The van der Waals surface area contributed by atoms with E-state index in [0.717, 1.165) is 5.56 Å². The minimum Gasteiger partial charge on any atom is -0.297 e. The summed E-state index contributed by atoms with van der Waals surface area (Å²) < 4.78 is 0. The zero-order chi connectivity index (χ0) is 16.4. The lowest BCUT2D eigenvalue weighted by Gasteiger charge is -2.24. The van der Waals surface area contributed by atoms with Crippen LogP contribution in [0.3, 0.4) is 0 Å². The first kappa shape index (κ1) is 15.0. The first-order chi connectivity index (χ1) is 11.8. The number of tetrazole rings is 1. The Morgan fingerprint density at radius 3 is 2.04 bits per heavy atom. The van der Waals surface area contributed by atoms with Crippen LogP contribution >= 0.6 is 0 Å². The second kappa shape index (κ2) is 6.53. The molecule has 0 amide bonds. The van der Waals surface area contributed by atoms with Crippen molar-refractivity contribution in [2.24, 2.45) is 0 Å². The summed E-state index contributed by atoms with van der Waals surface area (Å²) >= 11 is 0. The van der Waals surface area contributed by atoms with E-state index in [1.807, 2.05) is 12.1 Å². The molecule has 3 aromatic rings. The summed E-state index contributed by atoms with van der Waals surface area (Å²) in [5.74, 6) is 0.622. The van der Waals surface area contributed by atoms with E-state index in [1.54, 1.807) is 0 Å². The van der Waals surface area contributed by atoms with Gasteiger partial charge in [-0.15, -0.1) is 10.2 Å². The number of nitrogens with zero attached hydrogens (tertiary/aromatic N) is 4. The number of nitrogens with one attached hydrogen (secondary N) is 1. The second-order valence-electron chi connectivity index (χ2n) is 6.35. The van der Waals surface area contributed by atoms with Gasteiger partial charge in [0.2, 0.25) is 5.82 Å². The molecule has 122 valence electrons. The Bertz CT molecular complexity index is 772. The Morgan fingerprint density at radius 2 is 1.46 bits per heavy atom. The van der Waals surface area contributed by atoms with Gasteiger partial charge in [0.05, 0.1) is 0 Å². The van der Waals surface area contributed by atoms with Crippen molar-refractivity contribution in [1.29, 1.82) is 0 Å². The van der Waals surface area contributed by atoms with E-state index in [0.29, 0.717) is 11.9 Å². The van der Waals surface area contributed by atoms with Crippen LogP contribution in [0.1, 0.15) is 31.4 Å². The standard InChI is InChI=1S/C19H21N5/c1-14(24-12-2-3-13-24)15-4-6-16(7-5-15)17-8-10-18(11-9-17)19-20-22-23-21-19/h4-11,14H,2-3,12-13H2,1H3,(H,20,21,22,23)/t14-/m0/s1. The summed E-state index contributed by atoms with van der Waals surface area (Å²) in [4.78, 5) is 2.56. The molecule has 0 unspecified atom stereocenters. The highest BCUT2D eigenvalue weighted by Crippen LogP contribution is 2.28. The summed E-state index contributed by atoms with van der Waals surface area (Å²) in [7, 11) is 0. The molecule has 1 atom stereocenters. The Balaban J connectivity index is 1.52. The minimum atomic E-state index is 0.502. The van der Waals surface area contributed by atoms with Crippen LogP contribution in [0.4, 0.5) is 0 Å². The van der Waals surface area contributed by atoms with Crippen LogP contribution in [-0.4, -0.2) is 38.6 Å². The predicted molar refractivity (Wildman–Crippen MR) is 94.3 cm³/mol. The molecule has 0 aliphatic carbocycles. The Labute approximate surface area is 141 Å². The summed E-state index contributed by atoms with van der Waals surface area (Å²) in [5.41, 5.74) is 4.78. The summed E-state index contributed by atoms with van der Waals surface area (Å²) in [6.07, 6.45) is 2.66. The van der Waals surface area contributed by atoms with Gasteiger partial charge in [0.15, 0.2) is 0 Å². The van der Waals surface area contributed by atoms with Crippen molar-refractivity contribution in [3.05, 3.63) is 54.1 Å². The van der Waals surface area contributed by atoms with Gasteiger partial charge in [-0.1, -0.05) is 48.5 Å². The average Bonchev–Trinajstić information content (AvgIpc) is 3.35. The molecule has 1 aliphatic rings. The van der Waals surface area contributed by atoms with Crippen LogP contribution in [0.15, 0.2) is 48.5 Å². The molecule has 0 spiro atoms. The molecule has 1 N–H and O–H groups in total. The minimum absolute atomic E-state index is 0.502. The molecule has 0 saturated carbocycles. The normalized spacial score (nSPS) is 16.4. The van der Waals surface area contributed by atoms with Crippen LogP contribution in [0, 0.1) is 0 Å². The van der Waals surface area contributed by atoms with Crippen molar-refractivity contribution in [3.8, 4) is 22.5 Å². The fraction of sp³-hybridized carbons (Fsp3) is 0.316. The maximum absolute atomic E-state index is 4.01. The number of likely N-dealkylation sites (tertiary alicyclic amines) is 1. The fourth-order valence-corrected chi connectivity index (χ4v) is 3.39. The molecule has 1 fully saturated rings. The zero-order valence-electron chi connectivity index (χ0n) is 13.8. The number of H-pyrrole nitrogens is 1. The van der Waals surface area contributed by atoms with Gasteiger partial charge in [-0.25, -0.2) is 0 Å². The molecule has 1 aromatic heterocycles. The van der Waals surface area contributed by atoms with E-state index < -0.39 is 0 Å². The fourth-order valence-electron chi connectivity index (χ4n) is 3.39. The van der Waals surface area contributed by atoms with Gasteiger partial charge in [0, 0.05) is 11.6 Å². The molecule has 5 nitrogen and oxygen atoms in total. The quantitative estimate of drug-likeness (QED) is 0.797. The van der Waals surface area contributed by atoms with Crippen LogP contribution in [0.5, 0.6) is 0 Å². The second-order valence-corrected chi connectivity index (χ2v) is 6.35. The highest BCUT2D eigenvalue weighted by Gasteiger charge is 2.19. The van der Waals surface area contributed by atoms with Crippen molar-refractivity contribution in [2.75, 3.05) is 13.1 Å². The van der Waals surface area contributed by atoms with Crippen molar-refractivity contribution >= 4 is 0 Å². The lowest BCUT2D eigenvalue weighted by atomic mass is 10.00. The predicted octanol–water partition coefficient (Wildman–Crippen LogP) is 3.69. The highest BCUT2D eigenvalue weighted by atomic mass is 15.5. The largest absolute Gasteiger partial charge is 0.297 e. The molecule has 0 radical (unpaired) electrons. The maximum atomic E-state index is 4.01. The van der Waals surface area contributed by atoms with Gasteiger partial charge >= 0.3 is 0 Å². The van der Waals surface area contributed by atoms with E-state index in [2.05, 4.69) is 68.8 Å². The Hall–Kier alpha value is -2.53. The van der Waals surface area contributed by atoms with Gasteiger partial charge in [-0.2, -0.15) is 5.21 Å². The molecule has 0 bridgehead atoms. The van der Waals surface area contributed by atoms with E-state index >= 15 is 0 Å². The highest BCUT2D eigenvalue weighted by molar-refractivity contribution is 5.67. The Morgan fingerprint density at radius 1 is 0.875 bits per heavy atom. The number of benzene rings is 2. The van der Waals surface area contributed by atoms with Crippen LogP contribution in [0.2, 0.25) is 0 Å². The number of aromatic nitrogens is 4. The average molecular weight is 319 g/mol. The molecule has 4 rings (SSSR count). The number of aromatic amines is 1. The summed E-state index contributed by atoms with van der Waals surface area (Å²) in [6.45, 7) is 4.75. The SMILES string of the molecule is C[C@@H](c1ccc(-c2ccc(-c3nn[nH]n3)cc2)cc1)N1CCCC1. The van der Waals surface area contributed by atoms with Crippen molar-refractivity contribution in [2.45, 2.75) is 25.8 Å². The van der Waals surface area contributed by atoms with Crippen LogP contribution in [0.25, 0.3) is 22.5 Å². The van der Waals surface area contributed by atoms with E-state index in [4.69, 9.17) is 0 Å². The third-order valence-corrected chi connectivity index (χ3v) is 4.90.